The van der Waals surface area contributed by atoms with Crippen LogP contribution in [0.1, 0.15) is 23.2 Å². The molecule has 1 heterocycles. The van der Waals surface area contributed by atoms with Crippen LogP contribution in [0.3, 0.4) is 0 Å². The Morgan fingerprint density at radius 1 is 1.24 bits per heavy atom. The summed E-state index contributed by atoms with van der Waals surface area (Å²) in [5, 5.41) is 0. The predicted octanol–water partition coefficient (Wildman–Crippen LogP) is 1.50. The third kappa shape index (κ3) is 2.84. The van der Waals surface area contributed by atoms with Crippen LogP contribution < -0.4 is 4.74 Å². The molecule has 0 radical (unpaired) electrons. The van der Waals surface area contributed by atoms with Crippen LogP contribution in [0.5, 0.6) is 5.75 Å². The Kier molecular flexibility index (Phi) is 3.42. The number of rotatable bonds is 5. The molecule has 0 saturated carbocycles. The number of Topliss-reactive ketones (excluding diaryl/α,β-unsaturated/α-hetero) is 1. The van der Waals surface area contributed by atoms with Crippen LogP contribution in [0.25, 0.3) is 0 Å². The highest BCUT2D eigenvalue weighted by Crippen LogP contribution is 2.20. The van der Waals surface area contributed by atoms with Crippen molar-refractivity contribution in [1.82, 2.24) is 4.90 Å². The van der Waals surface area contributed by atoms with Crippen molar-refractivity contribution in [3.63, 3.8) is 0 Å². The topological polar surface area (TPSA) is 46.4 Å². The highest BCUT2D eigenvalue weighted by atomic mass is 16.5. The highest BCUT2D eigenvalue weighted by Gasteiger charge is 2.24. The Labute approximate surface area is 100 Å². The Hall–Kier alpha value is -1.84. The highest BCUT2D eigenvalue weighted by molar-refractivity contribution is 6.00. The van der Waals surface area contributed by atoms with Gasteiger partial charge in [0.2, 0.25) is 5.91 Å². The number of carbonyl (C=O) groups excluding carboxylic acids is 2. The summed E-state index contributed by atoms with van der Waals surface area (Å²) in [5.74, 6) is 0.586. The molecule has 1 aliphatic rings. The molecular formula is C13H15NO3. The van der Waals surface area contributed by atoms with E-state index in [0.29, 0.717) is 11.3 Å². The van der Waals surface area contributed by atoms with E-state index < -0.39 is 0 Å². The van der Waals surface area contributed by atoms with Crippen LogP contribution in [-0.4, -0.2) is 36.8 Å². The SMILES string of the molecule is COc1ccccc1C(=O)CCC(=O)N1CC1. The number of ketones is 1. The van der Waals surface area contributed by atoms with Crippen molar-refractivity contribution in [3.8, 4) is 5.75 Å². The van der Waals surface area contributed by atoms with Crippen molar-refractivity contribution in [2.24, 2.45) is 0 Å². The minimum absolute atomic E-state index is 0.0438. The molecule has 1 saturated heterocycles. The maximum Gasteiger partial charge on any atom is 0.223 e. The Morgan fingerprint density at radius 2 is 1.94 bits per heavy atom. The van der Waals surface area contributed by atoms with Gasteiger partial charge in [-0.25, -0.2) is 0 Å². The normalized spacial score (nSPS) is 13.4. The zero-order chi connectivity index (χ0) is 12.3. The van der Waals surface area contributed by atoms with Crippen LogP contribution >= 0.6 is 0 Å². The zero-order valence-corrected chi connectivity index (χ0v) is 9.81. The van der Waals surface area contributed by atoms with Gasteiger partial charge in [0, 0.05) is 25.9 Å². The number of para-hydroxylation sites is 1. The van der Waals surface area contributed by atoms with Crippen molar-refractivity contribution >= 4 is 11.7 Å². The van der Waals surface area contributed by atoms with Crippen molar-refractivity contribution in [2.75, 3.05) is 20.2 Å². The van der Waals surface area contributed by atoms with Gasteiger partial charge in [0.25, 0.3) is 0 Å². The van der Waals surface area contributed by atoms with Gasteiger partial charge in [-0.2, -0.15) is 0 Å². The van der Waals surface area contributed by atoms with Crippen LogP contribution in [0.4, 0.5) is 0 Å². The number of ether oxygens (including phenoxy) is 1. The maximum absolute atomic E-state index is 11.9. The Balaban J connectivity index is 1.96. The van der Waals surface area contributed by atoms with Gasteiger partial charge in [0.05, 0.1) is 12.7 Å². The lowest BCUT2D eigenvalue weighted by Gasteiger charge is -2.06. The molecule has 0 N–H and O–H groups in total. The molecule has 2 rings (SSSR count). The van der Waals surface area contributed by atoms with E-state index in [1.54, 1.807) is 23.1 Å². The Morgan fingerprint density at radius 3 is 2.59 bits per heavy atom. The minimum Gasteiger partial charge on any atom is -0.496 e. The van der Waals surface area contributed by atoms with Gasteiger partial charge >= 0.3 is 0 Å². The quantitative estimate of drug-likeness (QED) is 0.572. The van der Waals surface area contributed by atoms with Crippen LogP contribution in [0.15, 0.2) is 24.3 Å². The summed E-state index contributed by atoms with van der Waals surface area (Å²) in [4.78, 5) is 25.1. The smallest absolute Gasteiger partial charge is 0.223 e. The molecule has 1 aliphatic heterocycles. The van der Waals surface area contributed by atoms with E-state index in [0.717, 1.165) is 13.1 Å². The van der Waals surface area contributed by atoms with Gasteiger partial charge in [-0.3, -0.25) is 9.59 Å². The number of hydrogen-bond acceptors (Lipinski definition) is 3. The molecule has 0 aliphatic carbocycles. The molecular weight excluding hydrogens is 218 g/mol. The summed E-state index contributed by atoms with van der Waals surface area (Å²) in [7, 11) is 1.53. The molecule has 0 spiro atoms. The molecule has 4 heteroatoms. The molecule has 17 heavy (non-hydrogen) atoms. The Bertz CT molecular complexity index is 438. The van der Waals surface area contributed by atoms with E-state index in [1.165, 1.54) is 7.11 Å². The van der Waals surface area contributed by atoms with Gasteiger partial charge in [0.1, 0.15) is 5.75 Å². The van der Waals surface area contributed by atoms with E-state index in [4.69, 9.17) is 4.74 Å². The number of hydrogen-bond donors (Lipinski definition) is 0. The van der Waals surface area contributed by atoms with Crippen LogP contribution in [-0.2, 0) is 4.79 Å². The predicted molar refractivity (Wildman–Crippen MR) is 63.1 cm³/mol. The molecule has 90 valence electrons. The average Bonchev–Trinajstić information content (AvgIpc) is 3.19. The van der Waals surface area contributed by atoms with Gasteiger partial charge in [-0.1, -0.05) is 12.1 Å². The average molecular weight is 233 g/mol. The summed E-state index contributed by atoms with van der Waals surface area (Å²) in [5.41, 5.74) is 0.550. The number of amides is 1. The lowest BCUT2D eigenvalue weighted by Crippen LogP contribution is -2.12. The van der Waals surface area contributed by atoms with E-state index in [1.807, 2.05) is 6.07 Å². The number of methoxy groups -OCH3 is 1. The third-order valence-electron chi connectivity index (χ3n) is 2.77. The van der Waals surface area contributed by atoms with Gasteiger partial charge in [-0.15, -0.1) is 0 Å². The first-order valence-electron chi connectivity index (χ1n) is 5.66. The summed E-state index contributed by atoms with van der Waals surface area (Å²) in [6.45, 7) is 1.67. The lowest BCUT2D eigenvalue weighted by molar-refractivity contribution is -0.125. The zero-order valence-electron chi connectivity index (χ0n) is 9.81. The monoisotopic (exact) mass is 233 g/mol. The fourth-order valence-corrected chi connectivity index (χ4v) is 1.69. The second kappa shape index (κ2) is 4.99. The van der Waals surface area contributed by atoms with Gasteiger partial charge in [-0.05, 0) is 12.1 Å². The molecule has 1 aromatic carbocycles. The first-order valence-corrected chi connectivity index (χ1v) is 5.66. The largest absolute Gasteiger partial charge is 0.496 e. The number of carbonyl (C=O) groups is 2. The molecule has 4 nitrogen and oxygen atoms in total. The first kappa shape index (κ1) is 11.6. The molecule has 1 fully saturated rings. The summed E-state index contributed by atoms with van der Waals surface area (Å²) in [6, 6.07) is 7.08. The van der Waals surface area contributed by atoms with Crippen molar-refractivity contribution in [3.05, 3.63) is 29.8 Å². The van der Waals surface area contributed by atoms with E-state index >= 15 is 0 Å². The van der Waals surface area contributed by atoms with Crippen molar-refractivity contribution < 1.29 is 14.3 Å². The minimum atomic E-state index is -0.0438. The lowest BCUT2D eigenvalue weighted by atomic mass is 10.1. The van der Waals surface area contributed by atoms with Crippen molar-refractivity contribution in [2.45, 2.75) is 12.8 Å². The summed E-state index contributed by atoms with van der Waals surface area (Å²) >= 11 is 0. The van der Waals surface area contributed by atoms with E-state index in [9.17, 15) is 9.59 Å². The molecule has 0 atom stereocenters. The second-order valence-corrected chi connectivity index (χ2v) is 4.00. The number of nitrogens with zero attached hydrogens (tertiary/aromatic N) is 1. The van der Waals surface area contributed by atoms with E-state index in [-0.39, 0.29) is 24.5 Å². The fourth-order valence-electron chi connectivity index (χ4n) is 1.69. The summed E-state index contributed by atoms with van der Waals surface area (Å²) < 4.78 is 5.12. The molecule has 1 aromatic rings. The summed E-state index contributed by atoms with van der Waals surface area (Å²) in [6.07, 6.45) is 0.534. The molecule has 0 unspecified atom stereocenters. The molecule has 0 bridgehead atoms. The third-order valence-corrected chi connectivity index (χ3v) is 2.77. The van der Waals surface area contributed by atoms with Crippen molar-refractivity contribution in [1.29, 1.82) is 0 Å². The maximum atomic E-state index is 11.9. The second-order valence-electron chi connectivity index (χ2n) is 4.00. The van der Waals surface area contributed by atoms with E-state index in [2.05, 4.69) is 0 Å². The standard InChI is InChI=1S/C13H15NO3/c1-17-12-5-3-2-4-10(12)11(15)6-7-13(16)14-8-9-14/h2-5H,6-9H2,1H3. The van der Waals surface area contributed by atoms with Gasteiger partial charge < -0.3 is 9.64 Å². The van der Waals surface area contributed by atoms with Crippen LogP contribution in [0.2, 0.25) is 0 Å². The first-order chi connectivity index (χ1) is 8.22. The number of benzene rings is 1. The molecule has 0 aromatic heterocycles. The van der Waals surface area contributed by atoms with Gasteiger partial charge in [0.15, 0.2) is 5.78 Å². The fraction of sp³-hybridized carbons (Fsp3) is 0.385. The van der Waals surface area contributed by atoms with Crippen LogP contribution in [0, 0.1) is 0 Å². The molecule has 1 amide bonds.